The van der Waals surface area contributed by atoms with Crippen LogP contribution in [0.2, 0.25) is 0 Å². The van der Waals surface area contributed by atoms with Gasteiger partial charge in [-0.1, -0.05) is 0 Å². The number of rotatable bonds is 1. The van der Waals surface area contributed by atoms with Crippen molar-refractivity contribution in [3.8, 4) is 0 Å². The summed E-state index contributed by atoms with van der Waals surface area (Å²) in [5.74, 6) is 0.222. The Hall–Kier alpha value is -0.930. The third-order valence-electron chi connectivity index (χ3n) is 0.546. The number of amidine groups is 1. The first kappa shape index (κ1) is 4.23. The highest BCUT2D eigenvalue weighted by molar-refractivity contribution is 5.92. The normalized spacial score (nSPS) is 16.4. The van der Waals surface area contributed by atoms with Crippen molar-refractivity contribution >= 4 is 12.2 Å². The Kier molecular flexibility index (Phi) is 1.02. The van der Waals surface area contributed by atoms with Gasteiger partial charge >= 0.3 is 6.34 Å². The van der Waals surface area contributed by atoms with Gasteiger partial charge in [0.15, 0.2) is 6.67 Å². The molecular formula is C3H3FN3+. The third-order valence-corrected chi connectivity index (χ3v) is 0.546. The van der Waals surface area contributed by atoms with Crippen LogP contribution in [0.3, 0.4) is 0 Å². The lowest BCUT2D eigenvalue weighted by Gasteiger charge is -1.75. The Morgan fingerprint density at radius 3 is 3.14 bits per heavy atom. The molecule has 0 unspecified atom stereocenters. The molecule has 0 bridgehead atoms. The van der Waals surface area contributed by atoms with E-state index < -0.39 is 6.67 Å². The second-order valence-electron chi connectivity index (χ2n) is 1.02. The van der Waals surface area contributed by atoms with Gasteiger partial charge in [0.1, 0.15) is 0 Å². The number of hydrogen-bond donors (Lipinski definition) is 1. The fourth-order valence-electron chi connectivity index (χ4n) is 0.260. The summed E-state index contributed by atoms with van der Waals surface area (Å²) in [4.78, 5) is 3.37. The van der Waals surface area contributed by atoms with Crippen molar-refractivity contribution in [3.05, 3.63) is 0 Å². The van der Waals surface area contributed by atoms with E-state index in [0.29, 0.717) is 0 Å². The zero-order chi connectivity index (χ0) is 5.11. The Bertz CT molecular complexity index is 117. The van der Waals surface area contributed by atoms with Gasteiger partial charge in [0.2, 0.25) is 0 Å². The molecule has 0 amide bonds. The lowest BCUT2D eigenvalue weighted by atomic mass is 10.7. The van der Waals surface area contributed by atoms with Crippen LogP contribution in [0.15, 0.2) is 4.99 Å². The third kappa shape index (κ3) is 0.734. The molecule has 1 N–H and O–H groups in total. The standard InChI is InChI=1S/C3H3FN3/c4-1-3-5-2-6-7-3/h1H2,(H,5,7)/q+1. The highest BCUT2D eigenvalue weighted by Crippen LogP contribution is 1.74. The molecule has 1 aliphatic rings. The Labute approximate surface area is 39.9 Å². The highest BCUT2D eigenvalue weighted by atomic mass is 19.1. The molecule has 0 aromatic carbocycles. The van der Waals surface area contributed by atoms with Crippen LogP contribution >= 0.6 is 0 Å². The fourth-order valence-corrected chi connectivity index (χ4v) is 0.260. The molecule has 0 fully saturated rings. The largest absolute Gasteiger partial charge is 0.490 e. The van der Waals surface area contributed by atoms with Crippen LogP contribution in [0.5, 0.6) is 0 Å². The predicted molar refractivity (Wildman–Crippen MR) is 23.7 cm³/mol. The van der Waals surface area contributed by atoms with Gasteiger partial charge in [0, 0.05) is 0 Å². The van der Waals surface area contributed by atoms with Crippen LogP contribution in [-0.2, 0) is 0 Å². The van der Waals surface area contributed by atoms with Crippen LogP contribution in [-0.4, -0.2) is 18.8 Å². The lowest BCUT2D eigenvalue weighted by molar-refractivity contribution is 0.571. The van der Waals surface area contributed by atoms with Crippen LogP contribution in [0.1, 0.15) is 0 Å². The summed E-state index contributed by atoms with van der Waals surface area (Å²) in [6, 6.07) is 0. The van der Waals surface area contributed by atoms with E-state index in [1.807, 2.05) is 0 Å². The smallest absolute Gasteiger partial charge is 0.240 e. The first-order chi connectivity index (χ1) is 3.43. The summed E-state index contributed by atoms with van der Waals surface area (Å²) in [5.41, 5.74) is 2.30. The first-order valence-electron chi connectivity index (χ1n) is 1.77. The van der Waals surface area contributed by atoms with Crippen molar-refractivity contribution in [1.82, 2.24) is 10.5 Å². The minimum atomic E-state index is -0.601. The number of alkyl halides is 1. The molecular weight excluding hydrogens is 97.1 g/mol. The molecule has 0 aliphatic carbocycles. The number of hydrogen-bond acceptors (Lipinski definition) is 3. The monoisotopic (exact) mass is 100 g/mol. The summed E-state index contributed by atoms with van der Waals surface area (Å²) in [6.07, 6.45) is 2.19. The van der Waals surface area contributed by atoms with Gasteiger partial charge < -0.3 is 0 Å². The molecule has 1 heterocycles. The van der Waals surface area contributed by atoms with Crippen LogP contribution in [0.4, 0.5) is 4.39 Å². The quantitative estimate of drug-likeness (QED) is 0.456. The van der Waals surface area contributed by atoms with E-state index in [-0.39, 0.29) is 5.84 Å². The van der Waals surface area contributed by atoms with Gasteiger partial charge in [-0.25, -0.2) is 4.39 Å². The molecule has 0 spiro atoms. The summed E-state index contributed by atoms with van der Waals surface area (Å²) in [7, 11) is 0. The van der Waals surface area contributed by atoms with E-state index in [4.69, 9.17) is 0 Å². The van der Waals surface area contributed by atoms with Crippen molar-refractivity contribution < 1.29 is 4.39 Å². The Balaban J connectivity index is 2.45. The maximum atomic E-state index is 11.4. The van der Waals surface area contributed by atoms with Crippen molar-refractivity contribution in [2.75, 3.05) is 6.67 Å². The molecule has 7 heavy (non-hydrogen) atoms. The van der Waals surface area contributed by atoms with Gasteiger partial charge in [-0.3, -0.25) is 0 Å². The molecule has 4 heteroatoms. The Morgan fingerprint density at radius 2 is 2.86 bits per heavy atom. The lowest BCUT2D eigenvalue weighted by Crippen LogP contribution is -2.21. The second-order valence-corrected chi connectivity index (χ2v) is 1.02. The maximum Gasteiger partial charge on any atom is 0.490 e. The predicted octanol–water partition coefficient (Wildman–Crippen LogP) is -0.886. The zero-order valence-corrected chi connectivity index (χ0v) is 3.48. The number of aliphatic imine (C=N–C) groups is 1. The molecule has 0 aromatic rings. The van der Waals surface area contributed by atoms with Crippen molar-refractivity contribution in [3.63, 3.8) is 0 Å². The molecule has 3 nitrogen and oxygen atoms in total. The molecule has 1 aliphatic heterocycles. The molecule has 0 aromatic heterocycles. The van der Waals surface area contributed by atoms with E-state index in [1.54, 1.807) is 0 Å². The van der Waals surface area contributed by atoms with E-state index in [9.17, 15) is 4.39 Å². The maximum absolute atomic E-state index is 11.4. The number of hydrazone groups is 1. The summed E-state index contributed by atoms with van der Waals surface area (Å²) < 4.78 is 11.4. The van der Waals surface area contributed by atoms with E-state index >= 15 is 0 Å². The number of halogens is 1. The average molecular weight is 100 g/mol. The first-order valence-corrected chi connectivity index (χ1v) is 1.77. The molecule has 0 saturated carbocycles. The van der Waals surface area contributed by atoms with Crippen LogP contribution in [0, 0.1) is 0 Å². The van der Waals surface area contributed by atoms with E-state index in [1.165, 1.54) is 0 Å². The average Bonchev–Trinajstić information content (AvgIpc) is 2.14. The zero-order valence-electron chi connectivity index (χ0n) is 3.48. The van der Waals surface area contributed by atoms with Crippen molar-refractivity contribution in [2.45, 2.75) is 0 Å². The number of nitrogens with zero attached hydrogens (tertiary/aromatic N) is 2. The molecule has 36 valence electrons. The van der Waals surface area contributed by atoms with Gasteiger partial charge in [0.25, 0.3) is 5.84 Å². The summed E-state index contributed by atoms with van der Waals surface area (Å²) in [5, 5.41) is 3.29. The fraction of sp³-hybridized carbons (Fsp3) is 0.333. The molecule has 0 atom stereocenters. The Morgan fingerprint density at radius 1 is 2.00 bits per heavy atom. The second kappa shape index (κ2) is 1.68. The van der Waals surface area contributed by atoms with Gasteiger partial charge in [0.05, 0.1) is 5.10 Å². The van der Waals surface area contributed by atoms with Gasteiger partial charge in [-0.15, -0.1) is 5.43 Å². The van der Waals surface area contributed by atoms with Gasteiger partial charge in [-0.05, 0) is 4.99 Å². The molecule has 0 saturated heterocycles. The van der Waals surface area contributed by atoms with Crippen molar-refractivity contribution in [1.29, 1.82) is 0 Å². The molecule has 2 radical (unpaired) electrons. The SMILES string of the molecule is FCC1=N[C]=[N+]N1. The van der Waals surface area contributed by atoms with Gasteiger partial charge in [-0.2, -0.15) is 0 Å². The highest BCUT2D eigenvalue weighted by Gasteiger charge is 2.11. The van der Waals surface area contributed by atoms with E-state index in [0.717, 1.165) is 0 Å². The minimum Gasteiger partial charge on any atom is -0.240 e. The summed E-state index contributed by atoms with van der Waals surface area (Å²) >= 11 is 0. The minimum absolute atomic E-state index is 0.222. The van der Waals surface area contributed by atoms with Crippen LogP contribution < -0.4 is 10.5 Å². The summed E-state index contributed by atoms with van der Waals surface area (Å²) in [6.45, 7) is -0.601. The van der Waals surface area contributed by atoms with Crippen molar-refractivity contribution in [2.24, 2.45) is 4.99 Å². The van der Waals surface area contributed by atoms with Crippen LogP contribution in [0.25, 0.3) is 0 Å². The number of nitrogens with one attached hydrogen (secondary N) is 1. The molecule has 1 rings (SSSR count). The van der Waals surface area contributed by atoms with E-state index in [2.05, 4.69) is 21.9 Å². The topological polar surface area (TPSA) is 38.5 Å².